The van der Waals surface area contributed by atoms with Gasteiger partial charge in [0.25, 0.3) is 5.91 Å². The van der Waals surface area contributed by atoms with E-state index < -0.39 is 0 Å². The summed E-state index contributed by atoms with van der Waals surface area (Å²) in [6, 6.07) is 5.87. The second-order valence-corrected chi connectivity index (χ2v) is 8.17. The Morgan fingerprint density at radius 2 is 2.37 bits per heavy atom. The van der Waals surface area contributed by atoms with Crippen LogP contribution in [0.4, 0.5) is 0 Å². The molecule has 5 rings (SSSR count). The van der Waals surface area contributed by atoms with Crippen LogP contribution in [-0.4, -0.2) is 47.1 Å². The highest BCUT2D eigenvalue weighted by atomic mass is 16.5. The molecule has 2 aromatic heterocycles. The van der Waals surface area contributed by atoms with E-state index in [4.69, 9.17) is 9.15 Å². The summed E-state index contributed by atoms with van der Waals surface area (Å²) < 4.78 is 11.5. The van der Waals surface area contributed by atoms with Crippen molar-refractivity contribution in [1.29, 1.82) is 0 Å². The number of furan rings is 1. The Morgan fingerprint density at radius 3 is 3.19 bits per heavy atom. The van der Waals surface area contributed by atoms with Gasteiger partial charge in [0.1, 0.15) is 6.26 Å². The molecule has 2 bridgehead atoms. The summed E-state index contributed by atoms with van der Waals surface area (Å²) in [6.45, 7) is 5.66. The standard InChI is InChI=1S/C21H25N3O3/c1-14-15(3-2-7-22-14)10-24-11-18-17(19-4-6-21(18,13-24)27-19)9-23-20(25)16-5-8-26-12-16/h2-3,5,7-8,12,17-19H,4,6,9-11,13H2,1H3,(H,23,25)/t17-,18+,19+,21+/m0/s1. The van der Waals surface area contributed by atoms with Crippen molar-refractivity contribution in [3.63, 3.8) is 0 Å². The predicted molar refractivity (Wildman–Crippen MR) is 99.1 cm³/mol. The van der Waals surface area contributed by atoms with Crippen LogP contribution < -0.4 is 5.32 Å². The fourth-order valence-corrected chi connectivity index (χ4v) is 5.31. The van der Waals surface area contributed by atoms with Crippen molar-refractivity contribution in [3.05, 3.63) is 53.7 Å². The average molecular weight is 367 g/mol. The summed E-state index contributed by atoms with van der Waals surface area (Å²) in [6.07, 6.45) is 7.38. The van der Waals surface area contributed by atoms with Gasteiger partial charge in [0.05, 0.1) is 23.5 Å². The molecule has 1 N–H and O–H groups in total. The Morgan fingerprint density at radius 1 is 1.44 bits per heavy atom. The normalized spacial score (nSPS) is 32.0. The first-order valence-corrected chi connectivity index (χ1v) is 9.76. The van der Waals surface area contributed by atoms with Gasteiger partial charge in [0, 0.05) is 49.9 Å². The summed E-state index contributed by atoms with van der Waals surface area (Å²) in [5.74, 6) is 0.800. The number of hydrogen-bond donors (Lipinski definition) is 1. The predicted octanol–water partition coefficient (Wildman–Crippen LogP) is 2.39. The van der Waals surface area contributed by atoms with Crippen molar-refractivity contribution in [1.82, 2.24) is 15.2 Å². The number of carbonyl (C=O) groups excluding carboxylic acids is 1. The maximum absolute atomic E-state index is 12.3. The number of amides is 1. The molecule has 6 heteroatoms. The van der Waals surface area contributed by atoms with E-state index in [0.29, 0.717) is 23.9 Å². The lowest BCUT2D eigenvalue weighted by Crippen LogP contribution is -2.41. The topological polar surface area (TPSA) is 67.6 Å². The first-order chi connectivity index (χ1) is 13.1. The molecule has 0 aromatic carbocycles. The third-order valence-corrected chi connectivity index (χ3v) is 6.65. The highest BCUT2D eigenvalue weighted by Crippen LogP contribution is 2.54. The molecule has 3 aliphatic rings. The zero-order valence-electron chi connectivity index (χ0n) is 15.6. The van der Waals surface area contributed by atoms with Crippen LogP contribution in [0.2, 0.25) is 0 Å². The molecule has 2 aromatic rings. The van der Waals surface area contributed by atoms with Crippen molar-refractivity contribution >= 4 is 5.91 Å². The van der Waals surface area contributed by atoms with Crippen LogP contribution in [0.25, 0.3) is 0 Å². The summed E-state index contributed by atoms with van der Waals surface area (Å²) in [4.78, 5) is 19.2. The summed E-state index contributed by atoms with van der Waals surface area (Å²) in [5.41, 5.74) is 2.94. The minimum atomic E-state index is -0.0681. The zero-order valence-corrected chi connectivity index (χ0v) is 15.6. The molecule has 1 spiro atoms. The average Bonchev–Trinajstić information content (AvgIpc) is 3.42. The van der Waals surface area contributed by atoms with Gasteiger partial charge in [-0.05, 0) is 37.5 Å². The highest BCUT2D eigenvalue weighted by Gasteiger charge is 2.62. The molecular formula is C21H25N3O3. The number of carbonyl (C=O) groups is 1. The molecule has 5 heterocycles. The molecule has 3 aliphatic heterocycles. The van der Waals surface area contributed by atoms with E-state index in [1.54, 1.807) is 6.07 Å². The molecule has 6 nitrogen and oxygen atoms in total. The first-order valence-electron chi connectivity index (χ1n) is 9.76. The van der Waals surface area contributed by atoms with E-state index in [9.17, 15) is 4.79 Å². The van der Waals surface area contributed by atoms with E-state index in [1.165, 1.54) is 18.1 Å². The molecule has 0 unspecified atom stereocenters. The minimum Gasteiger partial charge on any atom is -0.472 e. The highest BCUT2D eigenvalue weighted by molar-refractivity contribution is 5.93. The van der Waals surface area contributed by atoms with Crippen LogP contribution in [0.15, 0.2) is 41.3 Å². The van der Waals surface area contributed by atoms with Crippen molar-refractivity contribution in [3.8, 4) is 0 Å². The smallest absolute Gasteiger partial charge is 0.254 e. The third kappa shape index (κ3) is 2.87. The maximum Gasteiger partial charge on any atom is 0.254 e. The quantitative estimate of drug-likeness (QED) is 0.879. The van der Waals surface area contributed by atoms with Gasteiger partial charge < -0.3 is 14.5 Å². The van der Waals surface area contributed by atoms with Crippen LogP contribution in [0.1, 0.15) is 34.5 Å². The second kappa shape index (κ2) is 6.46. The van der Waals surface area contributed by atoms with Crippen LogP contribution in [0.5, 0.6) is 0 Å². The van der Waals surface area contributed by atoms with Gasteiger partial charge in [-0.25, -0.2) is 0 Å². The van der Waals surface area contributed by atoms with Gasteiger partial charge in [0.15, 0.2) is 0 Å². The molecule has 0 radical (unpaired) electrons. The van der Waals surface area contributed by atoms with Gasteiger partial charge in [-0.2, -0.15) is 0 Å². The number of rotatable bonds is 5. The number of nitrogens with one attached hydrogen (secondary N) is 1. The molecule has 142 valence electrons. The van der Waals surface area contributed by atoms with Gasteiger partial charge in [-0.15, -0.1) is 0 Å². The monoisotopic (exact) mass is 367 g/mol. The van der Waals surface area contributed by atoms with Crippen LogP contribution in [0.3, 0.4) is 0 Å². The minimum absolute atomic E-state index is 0.0220. The lowest BCUT2D eigenvalue weighted by molar-refractivity contribution is 0.00210. The second-order valence-electron chi connectivity index (χ2n) is 8.17. The number of fused-ring (bicyclic) bond motifs is 1. The Bertz CT molecular complexity index is 837. The number of likely N-dealkylation sites (tertiary alicyclic amines) is 1. The number of nitrogens with zero attached hydrogens (tertiary/aromatic N) is 2. The molecule has 0 aliphatic carbocycles. The molecule has 3 fully saturated rings. The molecular weight excluding hydrogens is 342 g/mol. The Balaban J connectivity index is 1.26. The Hall–Kier alpha value is -2.18. The van der Waals surface area contributed by atoms with Gasteiger partial charge >= 0.3 is 0 Å². The maximum atomic E-state index is 12.3. The lowest BCUT2D eigenvalue weighted by atomic mass is 9.73. The van der Waals surface area contributed by atoms with Crippen molar-refractivity contribution in [2.45, 2.75) is 38.0 Å². The van der Waals surface area contributed by atoms with Crippen molar-refractivity contribution in [2.75, 3.05) is 19.6 Å². The largest absolute Gasteiger partial charge is 0.472 e. The van der Waals surface area contributed by atoms with E-state index in [0.717, 1.165) is 38.2 Å². The fourth-order valence-electron chi connectivity index (χ4n) is 5.31. The van der Waals surface area contributed by atoms with E-state index in [-0.39, 0.29) is 17.6 Å². The zero-order chi connectivity index (χ0) is 18.4. The number of hydrogen-bond acceptors (Lipinski definition) is 5. The molecule has 0 saturated carbocycles. The summed E-state index contributed by atoms with van der Waals surface area (Å²) in [5, 5.41) is 3.09. The van der Waals surface area contributed by atoms with Crippen LogP contribution in [-0.2, 0) is 11.3 Å². The number of aromatic nitrogens is 1. The van der Waals surface area contributed by atoms with Gasteiger partial charge in [-0.1, -0.05) is 6.07 Å². The van der Waals surface area contributed by atoms with Crippen LogP contribution >= 0.6 is 0 Å². The Kier molecular flexibility index (Phi) is 4.06. The lowest BCUT2D eigenvalue weighted by Gasteiger charge is -2.29. The van der Waals surface area contributed by atoms with Crippen molar-refractivity contribution < 1.29 is 13.9 Å². The number of pyridine rings is 1. The van der Waals surface area contributed by atoms with Gasteiger partial charge in [-0.3, -0.25) is 14.7 Å². The molecule has 3 saturated heterocycles. The fraction of sp³-hybridized carbons (Fsp3) is 0.524. The van der Waals surface area contributed by atoms with E-state index >= 15 is 0 Å². The first kappa shape index (κ1) is 17.0. The number of ether oxygens (including phenoxy) is 1. The van der Waals surface area contributed by atoms with E-state index in [1.807, 2.05) is 12.3 Å². The Labute approximate surface area is 158 Å². The SMILES string of the molecule is Cc1ncccc1CN1C[C@@H]2[C@H](CNC(=O)c3ccoc3)[C@H]3CC[C@]2(C1)O3. The van der Waals surface area contributed by atoms with E-state index in [2.05, 4.69) is 28.2 Å². The summed E-state index contributed by atoms with van der Waals surface area (Å²) >= 11 is 0. The molecule has 4 atom stereocenters. The molecule has 1 amide bonds. The molecule has 27 heavy (non-hydrogen) atoms. The summed E-state index contributed by atoms with van der Waals surface area (Å²) in [7, 11) is 0. The number of aryl methyl sites for hydroxylation is 1. The van der Waals surface area contributed by atoms with Gasteiger partial charge in [0.2, 0.25) is 0 Å². The van der Waals surface area contributed by atoms with Crippen LogP contribution in [0, 0.1) is 18.8 Å². The van der Waals surface area contributed by atoms with Crippen molar-refractivity contribution in [2.24, 2.45) is 11.8 Å². The third-order valence-electron chi connectivity index (χ3n) is 6.65.